The number of halogens is 7. The highest BCUT2D eigenvalue weighted by molar-refractivity contribution is 5.80. The number of imidazole rings is 1. The zero-order valence-electron chi connectivity index (χ0n) is 14.5. The summed E-state index contributed by atoms with van der Waals surface area (Å²) in [6.07, 6.45) is -8.70. The van der Waals surface area contributed by atoms with Gasteiger partial charge in [-0.05, 0) is 36.4 Å². The number of aromatic amines is 1. The van der Waals surface area contributed by atoms with Crippen molar-refractivity contribution in [1.82, 2.24) is 24.9 Å². The number of aromatic nitrogens is 5. The van der Waals surface area contributed by atoms with Crippen LogP contribution in [0.3, 0.4) is 0 Å². The average molecular weight is 427 g/mol. The zero-order chi connectivity index (χ0) is 21.7. The lowest BCUT2D eigenvalue weighted by Gasteiger charge is -2.08. The van der Waals surface area contributed by atoms with Crippen molar-refractivity contribution >= 4 is 11.2 Å². The molecular formula is C18H8F7N5. The summed E-state index contributed by atoms with van der Waals surface area (Å²) < 4.78 is 91.7. The monoisotopic (exact) mass is 427 g/mol. The summed E-state index contributed by atoms with van der Waals surface area (Å²) in [5.41, 5.74) is -3.21. The Morgan fingerprint density at radius 1 is 0.733 bits per heavy atom. The average Bonchev–Trinajstić information content (AvgIpc) is 3.10. The molecule has 0 fully saturated rings. The molecule has 0 bridgehead atoms. The van der Waals surface area contributed by atoms with Crippen LogP contribution in [0.15, 0.2) is 42.6 Å². The molecule has 0 aliphatic heterocycles. The minimum Gasteiger partial charge on any atom is -0.335 e. The van der Waals surface area contributed by atoms with E-state index in [9.17, 15) is 30.7 Å². The zero-order valence-corrected chi connectivity index (χ0v) is 14.5. The van der Waals surface area contributed by atoms with E-state index in [0.717, 1.165) is 24.4 Å². The molecule has 0 radical (unpaired) electrons. The van der Waals surface area contributed by atoms with Gasteiger partial charge in [-0.2, -0.15) is 26.3 Å². The molecule has 0 spiro atoms. The molecule has 0 saturated heterocycles. The van der Waals surface area contributed by atoms with Gasteiger partial charge in [0.25, 0.3) is 0 Å². The molecule has 3 aromatic heterocycles. The fourth-order valence-corrected chi connectivity index (χ4v) is 2.67. The fourth-order valence-electron chi connectivity index (χ4n) is 2.67. The van der Waals surface area contributed by atoms with Crippen LogP contribution < -0.4 is 0 Å². The first kappa shape index (κ1) is 19.7. The first-order valence-corrected chi connectivity index (χ1v) is 8.17. The van der Waals surface area contributed by atoms with Gasteiger partial charge in [-0.25, -0.2) is 19.3 Å². The molecule has 12 heteroatoms. The van der Waals surface area contributed by atoms with Gasteiger partial charge >= 0.3 is 12.4 Å². The van der Waals surface area contributed by atoms with E-state index in [1.165, 1.54) is 12.1 Å². The van der Waals surface area contributed by atoms with Crippen LogP contribution in [0.4, 0.5) is 30.7 Å². The van der Waals surface area contributed by atoms with Crippen LogP contribution in [-0.4, -0.2) is 24.9 Å². The van der Waals surface area contributed by atoms with Crippen LogP contribution in [0.2, 0.25) is 0 Å². The highest BCUT2D eigenvalue weighted by Gasteiger charge is 2.37. The number of H-pyrrole nitrogens is 1. The molecule has 4 rings (SSSR count). The fraction of sp³-hybridized carbons (Fsp3) is 0.111. The van der Waals surface area contributed by atoms with Crippen molar-refractivity contribution in [2.75, 3.05) is 0 Å². The van der Waals surface area contributed by atoms with Gasteiger partial charge in [0.2, 0.25) is 0 Å². The minimum absolute atomic E-state index is 0.0254. The van der Waals surface area contributed by atoms with Crippen molar-refractivity contribution in [3.8, 4) is 22.8 Å². The Balaban J connectivity index is 1.86. The number of hydrogen-bond donors (Lipinski definition) is 1. The number of benzene rings is 1. The number of fused-ring (bicyclic) bond motifs is 1. The van der Waals surface area contributed by atoms with Crippen LogP contribution >= 0.6 is 0 Å². The third kappa shape index (κ3) is 3.67. The first-order chi connectivity index (χ1) is 14.0. The number of pyridine rings is 1. The van der Waals surface area contributed by atoms with Gasteiger partial charge in [-0.15, -0.1) is 0 Å². The highest BCUT2D eigenvalue weighted by atomic mass is 19.4. The second-order valence-electron chi connectivity index (χ2n) is 6.11. The Labute approximate surface area is 162 Å². The molecule has 0 amide bonds. The van der Waals surface area contributed by atoms with E-state index < -0.39 is 35.1 Å². The Morgan fingerprint density at radius 3 is 1.97 bits per heavy atom. The van der Waals surface area contributed by atoms with Crippen molar-refractivity contribution in [3.63, 3.8) is 0 Å². The third-order valence-electron chi connectivity index (χ3n) is 4.05. The van der Waals surface area contributed by atoms with Crippen molar-refractivity contribution in [3.05, 3.63) is 59.8 Å². The van der Waals surface area contributed by atoms with E-state index in [4.69, 9.17) is 0 Å². The maximum atomic E-state index is 13.5. The van der Waals surface area contributed by atoms with E-state index in [0.29, 0.717) is 6.07 Å². The molecule has 1 aromatic carbocycles. The van der Waals surface area contributed by atoms with E-state index in [2.05, 4.69) is 24.9 Å². The summed E-state index contributed by atoms with van der Waals surface area (Å²) in [6, 6.07) is 6.21. The smallest absolute Gasteiger partial charge is 0.335 e. The quantitative estimate of drug-likeness (QED) is 0.444. The molecule has 4 aromatic rings. The van der Waals surface area contributed by atoms with E-state index >= 15 is 0 Å². The van der Waals surface area contributed by atoms with Gasteiger partial charge in [0, 0.05) is 17.3 Å². The predicted octanol–water partition coefficient (Wildman–Crippen LogP) is 5.26. The van der Waals surface area contributed by atoms with Crippen molar-refractivity contribution < 1.29 is 30.7 Å². The summed E-state index contributed by atoms with van der Waals surface area (Å²) in [7, 11) is 0. The van der Waals surface area contributed by atoms with Crippen molar-refractivity contribution in [1.29, 1.82) is 0 Å². The van der Waals surface area contributed by atoms with Gasteiger partial charge in [0.05, 0.1) is 0 Å². The molecule has 154 valence electrons. The maximum Gasteiger partial charge on any atom is 0.435 e. The van der Waals surface area contributed by atoms with Crippen LogP contribution in [0.1, 0.15) is 11.4 Å². The van der Waals surface area contributed by atoms with Gasteiger partial charge in [0.15, 0.2) is 17.2 Å². The van der Waals surface area contributed by atoms with E-state index in [-0.39, 0.29) is 28.4 Å². The van der Waals surface area contributed by atoms with Gasteiger partial charge in [-0.1, -0.05) is 0 Å². The lowest BCUT2D eigenvalue weighted by atomic mass is 10.2. The molecular weight excluding hydrogens is 419 g/mol. The number of rotatable bonds is 2. The molecule has 5 nitrogen and oxygen atoms in total. The molecule has 0 aliphatic carbocycles. The van der Waals surface area contributed by atoms with E-state index in [1.807, 2.05) is 0 Å². The normalized spacial score (nSPS) is 12.5. The van der Waals surface area contributed by atoms with Crippen LogP contribution in [0.25, 0.3) is 33.9 Å². The Morgan fingerprint density at radius 2 is 1.40 bits per heavy atom. The van der Waals surface area contributed by atoms with Crippen LogP contribution in [-0.2, 0) is 12.4 Å². The number of alkyl halides is 6. The Hall–Kier alpha value is -3.57. The lowest BCUT2D eigenvalue weighted by molar-refractivity contribution is -0.141. The summed E-state index contributed by atoms with van der Waals surface area (Å²) in [5.74, 6) is -1.09. The lowest BCUT2D eigenvalue weighted by Crippen LogP contribution is -2.11. The molecule has 0 atom stereocenters. The highest BCUT2D eigenvalue weighted by Crippen LogP contribution is 2.35. The molecule has 3 heterocycles. The first-order valence-electron chi connectivity index (χ1n) is 8.17. The standard InChI is InChI=1S/C18H8F7N5/c19-10-4-1-8(2-5-10)14-28-13(18(23,24)25)12-16(29-14)30-15(27-12)9-3-6-11(26-7-9)17(20,21)22/h1-7H,(H,27,28,29,30). The molecule has 0 saturated carbocycles. The Kier molecular flexibility index (Phi) is 4.44. The molecule has 0 unspecified atom stereocenters. The van der Waals surface area contributed by atoms with Crippen molar-refractivity contribution in [2.24, 2.45) is 0 Å². The largest absolute Gasteiger partial charge is 0.435 e. The minimum atomic E-state index is -4.88. The summed E-state index contributed by atoms with van der Waals surface area (Å²) in [5, 5.41) is 0. The molecule has 1 N–H and O–H groups in total. The van der Waals surface area contributed by atoms with Gasteiger partial charge in [0.1, 0.15) is 22.9 Å². The van der Waals surface area contributed by atoms with Crippen LogP contribution in [0.5, 0.6) is 0 Å². The van der Waals surface area contributed by atoms with Crippen molar-refractivity contribution in [2.45, 2.75) is 12.4 Å². The summed E-state index contributed by atoms with van der Waals surface area (Å²) in [6.45, 7) is 0. The molecule has 0 aliphatic rings. The Bertz CT molecular complexity index is 1210. The number of nitrogens with zero attached hydrogens (tertiary/aromatic N) is 4. The summed E-state index contributed by atoms with van der Waals surface area (Å²) >= 11 is 0. The predicted molar refractivity (Wildman–Crippen MR) is 90.3 cm³/mol. The topological polar surface area (TPSA) is 67.3 Å². The van der Waals surface area contributed by atoms with Gasteiger partial charge < -0.3 is 4.98 Å². The van der Waals surface area contributed by atoms with E-state index in [1.54, 1.807) is 0 Å². The number of hydrogen-bond acceptors (Lipinski definition) is 4. The number of nitrogens with one attached hydrogen (secondary N) is 1. The van der Waals surface area contributed by atoms with Crippen LogP contribution in [0, 0.1) is 5.82 Å². The third-order valence-corrected chi connectivity index (χ3v) is 4.05. The SMILES string of the molecule is Fc1ccc(-c2nc(C(F)(F)F)c3[nH]c(-c4ccc(C(F)(F)F)nc4)nc3n2)cc1. The van der Waals surface area contributed by atoms with Gasteiger partial charge in [-0.3, -0.25) is 4.98 Å². The summed E-state index contributed by atoms with van der Waals surface area (Å²) in [4.78, 5) is 17.1. The molecule has 30 heavy (non-hydrogen) atoms. The second kappa shape index (κ2) is 6.75. The maximum absolute atomic E-state index is 13.5. The second-order valence-corrected chi connectivity index (χ2v) is 6.11.